The number of hydrogen-bond donors (Lipinski definition) is 0. The van der Waals surface area contributed by atoms with Crippen LogP contribution in [0.15, 0.2) is 47.4 Å². The number of para-hydroxylation sites is 1. The monoisotopic (exact) mass is 489 g/mol. The van der Waals surface area contributed by atoms with Crippen molar-refractivity contribution in [2.45, 2.75) is 31.6 Å². The molecule has 1 atom stereocenters. The number of hydrogen-bond acceptors (Lipinski definition) is 5. The second-order valence-corrected chi connectivity index (χ2v) is 10.8. The Kier molecular flexibility index (Phi) is 7.42. The number of carbonyl (C=O) groups is 1. The maximum Gasteiger partial charge on any atom is 0.243 e. The lowest BCUT2D eigenvalue weighted by Crippen LogP contribution is -2.53. The molecule has 9 heteroatoms. The quantitative estimate of drug-likeness (QED) is 0.623. The van der Waals surface area contributed by atoms with E-state index in [1.165, 1.54) is 10.4 Å². The number of halogens is 1. The summed E-state index contributed by atoms with van der Waals surface area (Å²) in [6.45, 7) is 6.89. The first-order valence-corrected chi connectivity index (χ1v) is 13.3. The van der Waals surface area contributed by atoms with E-state index in [-0.39, 0.29) is 29.1 Å². The Hall–Kier alpha value is -2.65. The number of ether oxygens (including phenoxy) is 1. The number of amides is 1. The average Bonchev–Trinajstić information content (AvgIpc) is 2.85. The highest BCUT2D eigenvalue weighted by Crippen LogP contribution is 2.29. The van der Waals surface area contributed by atoms with Gasteiger partial charge in [0.05, 0.1) is 23.1 Å². The zero-order valence-corrected chi connectivity index (χ0v) is 20.6. The van der Waals surface area contributed by atoms with E-state index < -0.39 is 10.0 Å². The van der Waals surface area contributed by atoms with E-state index in [0.29, 0.717) is 63.6 Å². The number of benzene rings is 2. The molecular weight excluding hydrogens is 457 g/mol. The first-order valence-electron chi connectivity index (χ1n) is 11.8. The Labute approximate surface area is 201 Å². The van der Waals surface area contributed by atoms with Gasteiger partial charge >= 0.3 is 0 Å². The van der Waals surface area contributed by atoms with Gasteiger partial charge in [0.25, 0.3) is 0 Å². The molecule has 2 aliphatic heterocycles. The third kappa shape index (κ3) is 5.05. The van der Waals surface area contributed by atoms with Crippen LogP contribution in [-0.2, 0) is 14.8 Å². The highest BCUT2D eigenvalue weighted by atomic mass is 32.2. The summed E-state index contributed by atoms with van der Waals surface area (Å²) >= 11 is 0. The number of sulfonamides is 1. The third-order valence-corrected chi connectivity index (χ3v) is 8.46. The van der Waals surface area contributed by atoms with Crippen molar-refractivity contribution in [1.29, 1.82) is 0 Å². The number of nitrogens with zero attached hydrogens (tertiary/aromatic N) is 3. The molecule has 1 amide bonds. The molecule has 34 heavy (non-hydrogen) atoms. The van der Waals surface area contributed by atoms with Gasteiger partial charge in [0.2, 0.25) is 15.9 Å². The van der Waals surface area contributed by atoms with Crippen LogP contribution in [0.25, 0.3) is 0 Å². The smallest absolute Gasteiger partial charge is 0.243 e. The zero-order chi connectivity index (χ0) is 24.3. The van der Waals surface area contributed by atoms with Gasteiger partial charge in [-0.25, -0.2) is 12.8 Å². The fourth-order valence-electron chi connectivity index (χ4n) is 4.75. The van der Waals surface area contributed by atoms with E-state index in [1.807, 2.05) is 18.7 Å². The van der Waals surface area contributed by atoms with E-state index in [1.54, 1.807) is 41.3 Å². The molecule has 2 heterocycles. The summed E-state index contributed by atoms with van der Waals surface area (Å²) in [5, 5.41) is 0. The van der Waals surface area contributed by atoms with Crippen LogP contribution in [0, 0.1) is 18.7 Å². The lowest BCUT2D eigenvalue weighted by atomic mass is 9.97. The van der Waals surface area contributed by atoms with Crippen molar-refractivity contribution < 1.29 is 22.3 Å². The molecule has 0 aliphatic carbocycles. The second kappa shape index (κ2) is 10.3. The van der Waals surface area contributed by atoms with E-state index in [4.69, 9.17) is 4.74 Å². The Morgan fingerprint density at radius 2 is 1.82 bits per heavy atom. The van der Waals surface area contributed by atoms with Crippen molar-refractivity contribution in [3.8, 4) is 5.75 Å². The van der Waals surface area contributed by atoms with Gasteiger partial charge < -0.3 is 14.5 Å². The standard InChI is InChI=1S/C25H32FN3O4S/c1-3-33-24-11-10-21(17-19(24)2)34(31,32)29-12-6-7-20(18-29)25(30)28-15-13-27(14-16-28)23-9-5-4-8-22(23)26/h4-5,8-11,17,20H,3,6-7,12-16,18H2,1-2H3/t20-/m0/s1. The van der Waals surface area contributed by atoms with Gasteiger partial charge in [-0.3, -0.25) is 4.79 Å². The molecule has 4 rings (SSSR count). The molecule has 0 spiro atoms. The van der Waals surface area contributed by atoms with Crippen molar-refractivity contribution >= 4 is 21.6 Å². The minimum atomic E-state index is -3.71. The summed E-state index contributed by atoms with van der Waals surface area (Å²) in [5.74, 6) is 0.0193. The molecule has 0 unspecified atom stereocenters. The molecule has 2 aromatic rings. The molecule has 184 valence electrons. The average molecular weight is 490 g/mol. The summed E-state index contributed by atoms with van der Waals surface area (Å²) in [4.78, 5) is 17.2. The Morgan fingerprint density at radius 1 is 1.09 bits per heavy atom. The summed E-state index contributed by atoms with van der Waals surface area (Å²) in [5.41, 5.74) is 1.32. The normalized spacial score (nSPS) is 19.8. The molecule has 2 aromatic carbocycles. The zero-order valence-electron chi connectivity index (χ0n) is 19.7. The molecule has 2 fully saturated rings. The van der Waals surface area contributed by atoms with Crippen molar-refractivity contribution in [3.63, 3.8) is 0 Å². The fraction of sp³-hybridized carbons (Fsp3) is 0.480. The number of carbonyl (C=O) groups excluding carboxylic acids is 1. The predicted molar refractivity (Wildman–Crippen MR) is 129 cm³/mol. The predicted octanol–water partition coefficient (Wildman–Crippen LogP) is 3.28. The van der Waals surface area contributed by atoms with Crippen molar-refractivity contribution in [3.05, 3.63) is 53.8 Å². The van der Waals surface area contributed by atoms with Crippen molar-refractivity contribution in [2.75, 3.05) is 50.8 Å². The van der Waals surface area contributed by atoms with Crippen LogP contribution >= 0.6 is 0 Å². The highest BCUT2D eigenvalue weighted by Gasteiger charge is 2.36. The van der Waals surface area contributed by atoms with Crippen LogP contribution in [0.5, 0.6) is 5.75 Å². The van der Waals surface area contributed by atoms with Crippen LogP contribution in [0.1, 0.15) is 25.3 Å². The summed E-state index contributed by atoms with van der Waals surface area (Å²) in [6.07, 6.45) is 1.31. The van der Waals surface area contributed by atoms with Gasteiger partial charge in [-0.2, -0.15) is 4.31 Å². The maximum atomic E-state index is 14.1. The van der Waals surface area contributed by atoms with E-state index in [2.05, 4.69) is 0 Å². The van der Waals surface area contributed by atoms with Gasteiger partial charge in [-0.1, -0.05) is 12.1 Å². The topological polar surface area (TPSA) is 70.2 Å². The van der Waals surface area contributed by atoms with Crippen molar-refractivity contribution in [1.82, 2.24) is 9.21 Å². The molecule has 7 nitrogen and oxygen atoms in total. The number of piperidine rings is 1. The summed E-state index contributed by atoms with van der Waals surface area (Å²) in [6, 6.07) is 11.5. The van der Waals surface area contributed by atoms with E-state index >= 15 is 0 Å². The minimum absolute atomic E-state index is 0.0176. The largest absolute Gasteiger partial charge is 0.494 e. The summed E-state index contributed by atoms with van der Waals surface area (Å²) < 4.78 is 47.7. The van der Waals surface area contributed by atoms with Crippen LogP contribution in [0.2, 0.25) is 0 Å². The van der Waals surface area contributed by atoms with Gasteiger partial charge in [0, 0.05) is 39.3 Å². The molecule has 2 saturated heterocycles. The van der Waals surface area contributed by atoms with Gasteiger partial charge in [0.15, 0.2) is 0 Å². The van der Waals surface area contributed by atoms with E-state index in [0.717, 1.165) is 5.56 Å². The lowest BCUT2D eigenvalue weighted by molar-refractivity contribution is -0.137. The molecule has 0 bridgehead atoms. The van der Waals surface area contributed by atoms with Crippen LogP contribution in [0.4, 0.5) is 10.1 Å². The highest BCUT2D eigenvalue weighted by molar-refractivity contribution is 7.89. The third-order valence-electron chi connectivity index (χ3n) is 6.60. The number of rotatable bonds is 6. The molecular formula is C25H32FN3O4S. The Balaban J connectivity index is 1.40. The van der Waals surface area contributed by atoms with E-state index in [9.17, 15) is 17.6 Å². The molecule has 2 aliphatic rings. The summed E-state index contributed by atoms with van der Waals surface area (Å²) in [7, 11) is -3.71. The minimum Gasteiger partial charge on any atom is -0.494 e. The fourth-order valence-corrected chi connectivity index (χ4v) is 6.35. The second-order valence-electron chi connectivity index (χ2n) is 8.83. The number of anilines is 1. The van der Waals surface area contributed by atoms with Gasteiger partial charge in [-0.05, 0) is 62.6 Å². The Bertz CT molecular complexity index is 1130. The maximum absolute atomic E-state index is 14.1. The number of piperazine rings is 1. The molecule has 0 radical (unpaired) electrons. The molecule has 0 saturated carbocycles. The van der Waals surface area contributed by atoms with Crippen LogP contribution in [-0.4, -0.2) is 69.4 Å². The van der Waals surface area contributed by atoms with Crippen molar-refractivity contribution in [2.24, 2.45) is 5.92 Å². The number of aryl methyl sites for hydroxylation is 1. The first kappa shape index (κ1) is 24.5. The SMILES string of the molecule is CCOc1ccc(S(=O)(=O)N2CCC[C@H](C(=O)N3CCN(c4ccccc4F)CC3)C2)cc1C. The molecule has 0 N–H and O–H groups in total. The van der Waals surface area contributed by atoms with Crippen LogP contribution < -0.4 is 9.64 Å². The van der Waals surface area contributed by atoms with Gasteiger partial charge in [0.1, 0.15) is 11.6 Å². The Morgan fingerprint density at radius 3 is 2.50 bits per heavy atom. The lowest BCUT2D eigenvalue weighted by Gasteiger charge is -2.39. The molecule has 0 aromatic heterocycles. The van der Waals surface area contributed by atoms with Gasteiger partial charge in [-0.15, -0.1) is 0 Å². The van der Waals surface area contributed by atoms with Crippen LogP contribution in [0.3, 0.4) is 0 Å². The first-order chi connectivity index (χ1) is 16.3.